The summed E-state index contributed by atoms with van der Waals surface area (Å²) in [6.07, 6.45) is 0.451. The Morgan fingerprint density at radius 2 is 2.24 bits per heavy atom. The van der Waals surface area contributed by atoms with Crippen LogP contribution in [0.4, 0.5) is 0 Å². The van der Waals surface area contributed by atoms with Crippen LogP contribution in [-0.2, 0) is 11.2 Å². The molecule has 0 aliphatic rings. The van der Waals surface area contributed by atoms with Gasteiger partial charge in [-0.1, -0.05) is 29.8 Å². The molecule has 0 spiro atoms. The molecule has 4 nitrogen and oxygen atoms in total. The molecule has 2 aromatic rings. The van der Waals surface area contributed by atoms with E-state index in [1.807, 2.05) is 12.4 Å². The van der Waals surface area contributed by atoms with Crippen LogP contribution in [-0.4, -0.2) is 22.5 Å². The second-order valence-corrected chi connectivity index (χ2v) is 6.03. The number of nitrogens with one attached hydrogen (secondary N) is 1. The lowest BCUT2D eigenvalue weighted by atomic mass is 10.1. The maximum Gasteiger partial charge on any atom is 0.253 e. The van der Waals surface area contributed by atoms with E-state index < -0.39 is 12.0 Å². The van der Waals surface area contributed by atoms with Gasteiger partial charge in [-0.05, 0) is 25.8 Å². The quantitative estimate of drug-likeness (QED) is 0.803. The summed E-state index contributed by atoms with van der Waals surface area (Å²) < 4.78 is 0. The number of aliphatic hydroxyl groups is 1. The van der Waals surface area contributed by atoms with Crippen molar-refractivity contribution in [1.82, 2.24) is 10.3 Å². The second kappa shape index (κ2) is 7.54. The lowest BCUT2D eigenvalue weighted by Crippen LogP contribution is -2.30. The lowest BCUT2D eigenvalue weighted by molar-refractivity contribution is -0.129. The van der Waals surface area contributed by atoms with Gasteiger partial charge in [-0.15, -0.1) is 11.3 Å². The molecule has 21 heavy (non-hydrogen) atoms. The smallest absolute Gasteiger partial charge is 0.253 e. The van der Waals surface area contributed by atoms with E-state index in [-0.39, 0.29) is 0 Å². The molecular formula is C15H17ClN2O2S. The largest absolute Gasteiger partial charge is 0.378 e. The summed E-state index contributed by atoms with van der Waals surface area (Å²) in [4.78, 5) is 17.3. The average molecular weight is 325 g/mol. The molecule has 2 rings (SSSR count). The fourth-order valence-corrected chi connectivity index (χ4v) is 3.02. The van der Waals surface area contributed by atoms with Crippen LogP contribution in [0.1, 0.15) is 28.7 Å². The lowest BCUT2D eigenvalue weighted by Gasteiger charge is -2.12. The van der Waals surface area contributed by atoms with Crippen LogP contribution in [0.5, 0.6) is 0 Å². The summed E-state index contributed by atoms with van der Waals surface area (Å²) in [5, 5.41) is 13.1. The van der Waals surface area contributed by atoms with Crippen LogP contribution < -0.4 is 5.32 Å². The Hall–Kier alpha value is -1.43. The highest BCUT2D eigenvalue weighted by Gasteiger charge is 2.19. The number of nitrogens with zero attached hydrogens (tertiary/aromatic N) is 1. The van der Waals surface area contributed by atoms with Crippen molar-refractivity contribution in [2.75, 3.05) is 6.54 Å². The first-order chi connectivity index (χ1) is 10.1. The highest BCUT2D eigenvalue weighted by atomic mass is 35.5. The van der Waals surface area contributed by atoms with Crippen molar-refractivity contribution < 1.29 is 9.90 Å². The molecule has 1 aromatic heterocycles. The van der Waals surface area contributed by atoms with Crippen LogP contribution in [0.25, 0.3) is 0 Å². The van der Waals surface area contributed by atoms with E-state index >= 15 is 0 Å². The fraction of sp³-hybridized carbons (Fsp3) is 0.333. The number of carbonyl (C=O) groups is 1. The molecule has 0 fully saturated rings. The third kappa shape index (κ3) is 4.27. The van der Waals surface area contributed by atoms with Gasteiger partial charge in [-0.25, -0.2) is 4.98 Å². The van der Waals surface area contributed by atoms with Crippen molar-refractivity contribution in [3.8, 4) is 0 Å². The maximum absolute atomic E-state index is 11.9. The maximum atomic E-state index is 11.9. The molecule has 0 radical (unpaired) electrons. The van der Waals surface area contributed by atoms with Gasteiger partial charge in [0.15, 0.2) is 6.10 Å². The zero-order chi connectivity index (χ0) is 15.2. The SMILES string of the molecule is Cc1ncsc1CCCNC(=O)C(O)c1ccccc1Cl. The Balaban J connectivity index is 1.79. The molecule has 6 heteroatoms. The Kier molecular flexibility index (Phi) is 5.73. The number of halogens is 1. The Morgan fingerprint density at radius 3 is 2.90 bits per heavy atom. The van der Waals surface area contributed by atoms with Crippen LogP contribution in [0.15, 0.2) is 29.8 Å². The topological polar surface area (TPSA) is 62.2 Å². The molecule has 0 saturated heterocycles. The number of aromatic nitrogens is 1. The molecule has 0 aliphatic carbocycles. The zero-order valence-corrected chi connectivity index (χ0v) is 13.2. The van der Waals surface area contributed by atoms with Gasteiger partial charge in [0, 0.05) is 22.0 Å². The molecule has 1 heterocycles. The molecule has 1 atom stereocenters. The van der Waals surface area contributed by atoms with Crippen molar-refractivity contribution in [2.24, 2.45) is 0 Å². The van der Waals surface area contributed by atoms with E-state index in [9.17, 15) is 9.90 Å². The monoisotopic (exact) mass is 324 g/mol. The molecule has 1 amide bonds. The van der Waals surface area contributed by atoms with E-state index in [1.54, 1.807) is 35.6 Å². The summed E-state index contributed by atoms with van der Waals surface area (Å²) in [5.41, 5.74) is 3.29. The summed E-state index contributed by atoms with van der Waals surface area (Å²) in [5.74, 6) is -0.427. The fourth-order valence-electron chi connectivity index (χ4n) is 1.96. The van der Waals surface area contributed by atoms with Crippen LogP contribution >= 0.6 is 22.9 Å². The number of hydrogen-bond donors (Lipinski definition) is 2. The standard InChI is InChI=1S/C15H17ClN2O2S/c1-10-13(21-9-18-10)7-4-8-17-15(20)14(19)11-5-2-3-6-12(11)16/h2-3,5-6,9,14,19H,4,7-8H2,1H3,(H,17,20). The average Bonchev–Trinajstić information content (AvgIpc) is 2.88. The van der Waals surface area contributed by atoms with Gasteiger partial charge >= 0.3 is 0 Å². The second-order valence-electron chi connectivity index (χ2n) is 4.68. The molecule has 2 N–H and O–H groups in total. The van der Waals surface area contributed by atoms with Gasteiger partial charge in [0.1, 0.15) is 0 Å². The Bertz CT molecular complexity index is 615. The third-order valence-corrected chi connectivity index (χ3v) is 4.51. The molecule has 1 aromatic carbocycles. The molecule has 112 valence electrons. The van der Waals surface area contributed by atoms with E-state index in [2.05, 4.69) is 10.3 Å². The van der Waals surface area contributed by atoms with Crippen LogP contribution in [0.3, 0.4) is 0 Å². The third-order valence-electron chi connectivity index (χ3n) is 3.17. The van der Waals surface area contributed by atoms with Crippen molar-refractivity contribution in [3.05, 3.63) is 50.9 Å². The number of rotatable bonds is 6. The van der Waals surface area contributed by atoms with Gasteiger partial charge in [-0.2, -0.15) is 0 Å². The number of benzene rings is 1. The molecule has 0 saturated carbocycles. The zero-order valence-electron chi connectivity index (χ0n) is 11.7. The minimum absolute atomic E-state index is 0.389. The molecule has 0 aliphatic heterocycles. The van der Waals surface area contributed by atoms with E-state index in [0.29, 0.717) is 17.1 Å². The number of amides is 1. The van der Waals surface area contributed by atoms with Crippen molar-refractivity contribution in [1.29, 1.82) is 0 Å². The molecular weight excluding hydrogens is 308 g/mol. The molecule has 1 unspecified atom stereocenters. The number of thiazole rings is 1. The van der Waals surface area contributed by atoms with Gasteiger partial charge < -0.3 is 10.4 Å². The predicted molar refractivity (Wildman–Crippen MR) is 84.6 cm³/mol. The van der Waals surface area contributed by atoms with Gasteiger partial charge in [0.25, 0.3) is 5.91 Å². The van der Waals surface area contributed by atoms with Gasteiger partial charge in [0.2, 0.25) is 0 Å². The summed E-state index contributed by atoms with van der Waals surface area (Å²) in [6.45, 7) is 2.49. The summed E-state index contributed by atoms with van der Waals surface area (Å²) in [6, 6.07) is 6.80. The Labute approximate surface area is 132 Å². The number of aryl methyl sites for hydroxylation is 2. The van der Waals surface area contributed by atoms with Crippen LogP contribution in [0.2, 0.25) is 5.02 Å². The molecule has 0 bridgehead atoms. The van der Waals surface area contributed by atoms with Crippen LogP contribution in [0, 0.1) is 6.92 Å². The number of hydrogen-bond acceptors (Lipinski definition) is 4. The first-order valence-electron chi connectivity index (χ1n) is 6.68. The minimum Gasteiger partial charge on any atom is -0.378 e. The first-order valence-corrected chi connectivity index (χ1v) is 7.94. The predicted octanol–water partition coefficient (Wildman–Crippen LogP) is 2.89. The van der Waals surface area contributed by atoms with Crippen molar-refractivity contribution >= 4 is 28.8 Å². The summed E-state index contributed by atoms with van der Waals surface area (Å²) >= 11 is 7.59. The van der Waals surface area contributed by atoms with Gasteiger partial charge in [0.05, 0.1) is 11.2 Å². The minimum atomic E-state index is -1.23. The Morgan fingerprint density at radius 1 is 1.48 bits per heavy atom. The highest BCUT2D eigenvalue weighted by molar-refractivity contribution is 7.09. The normalized spacial score (nSPS) is 12.1. The number of carbonyl (C=O) groups excluding carboxylic acids is 1. The van der Waals surface area contributed by atoms with E-state index in [1.165, 1.54) is 4.88 Å². The van der Waals surface area contributed by atoms with E-state index in [0.717, 1.165) is 18.5 Å². The number of aliphatic hydroxyl groups excluding tert-OH is 1. The van der Waals surface area contributed by atoms with E-state index in [4.69, 9.17) is 11.6 Å². The van der Waals surface area contributed by atoms with Crippen molar-refractivity contribution in [3.63, 3.8) is 0 Å². The van der Waals surface area contributed by atoms with Crippen molar-refractivity contribution in [2.45, 2.75) is 25.9 Å². The van der Waals surface area contributed by atoms with Gasteiger partial charge in [-0.3, -0.25) is 4.79 Å². The summed E-state index contributed by atoms with van der Waals surface area (Å²) in [7, 11) is 0. The highest BCUT2D eigenvalue weighted by Crippen LogP contribution is 2.22. The first kappa shape index (κ1) is 15.9.